The Morgan fingerprint density at radius 1 is 1.19 bits per heavy atom. The summed E-state index contributed by atoms with van der Waals surface area (Å²) in [5, 5.41) is 4.59. The van der Waals surface area contributed by atoms with Gasteiger partial charge in [-0.25, -0.2) is 4.68 Å². The minimum atomic E-state index is -0.0245. The molecule has 0 spiro atoms. The highest BCUT2D eigenvalue weighted by atomic mass is 16.1. The fraction of sp³-hybridized carbons (Fsp3) is 0.579. The molecule has 1 aliphatic heterocycles. The number of hydrogen-bond donors (Lipinski definition) is 0. The maximum Gasteiger partial charge on any atom is 0.273 e. The molecule has 7 nitrogen and oxygen atoms in total. The first kappa shape index (κ1) is 17.1. The van der Waals surface area contributed by atoms with E-state index in [4.69, 9.17) is 0 Å². The molecule has 3 heterocycles. The van der Waals surface area contributed by atoms with Gasteiger partial charge in [0.05, 0.1) is 5.69 Å². The molecule has 0 saturated carbocycles. The van der Waals surface area contributed by atoms with E-state index in [0.717, 1.165) is 56.5 Å². The minimum Gasteiger partial charge on any atom is -0.315 e. The van der Waals surface area contributed by atoms with E-state index in [-0.39, 0.29) is 11.1 Å². The Balaban J connectivity index is 1.36. The Morgan fingerprint density at radius 3 is 2.81 bits per heavy atom. The average molecular weight is 355 g/mol. The van der Waals surface area contributed by atoms with Crippen LogP contribution < -0.4 is 11.1 Å². The smallest absolute Gasteiger partial charge is 0.273 e. The molecular formula is C19H25N5O2. The lowest BCUT2D eigenvalue weighted by Gasteiger charge is -2.31. The highest BCUT2D eigenvalue weighted by Gasteiger charge is 2.22. The van der Waals surface area contributed by atoms with Crippen LogP contribution >= 0.6 is 0 Å². The number of hydrogen-bond acceptors (Lipinski definition) is 5. The number of aromatic nitrogens is 4. The second kappa shape index (κ2) is 7.15. The molecule has 2 aromatic rings. The number of rotatable bonds is 4. The molecule has 138 valence electrons. The molecule has 0 amide bonds. The van der Waals surface area contributed by atoms with Crippen molar-refractivity contribution in [3.8, 4) is 0 Å². The van der Waals surface area contributed by atoms with Crippen LogP contribution in [0, 0.1) is 5.92 Å². The van der Waals surface area contributed by atoms with Crippen LogP contribution in [0.3, 0.4) is 0 Å². The Hall–Kier alpha value is -2.28. The first-order valence-electron chi connectivity index (χ1n) is 9.43. The number of fused-ring (bicyclic) bond motifs is 1. The zero-order valence-corrected chi connectivity index (χ0v) is 15.2. The number of aryl methyl sites for hydroxylation is 3. The predicted molar refractivity (Wildman–Crippen MR) is 98.0 cm³/mol. The van der Waals surface area contributed by atoms with E-state index in [1.807, 2.05) is 0 Å². The van der Waals surface area contributed by atoms with Gasteiger partial charge in [0.1, 0.15) is 5.69 Å². The molecule has 0 unspecified atom stereocenters. The van der Waals surface area contributed by atoms with Gasteiger partial charge in [-0.05, 0) is 56.7 Å². The molecule has 0 aromatic carbocycles. The van der Waals surface area contributed by atoms with Crippen molar-refractivity contribution in [3.63, 3.8) is 0 Å². The van der Waals surface area contributed by atoms with E-state index in [9.17, 15) is 9.59 Å². The summed E-state index contributed by atoms with van der Waals surface area (Å²) < 4.78 is 3.24. The first-order chi connectivity index (χ1) is 12.6. The maximum atomic E-state index is 12.3. The highest BCUT2D eigenvalue weighted by molar-refractivity contribution is 5.22. The molecule has 1 fully saturated rings. The van der Waals surface area contributed by atoms with E-state index in [1.165, 1.54) is 0 Å². The summed E-state index contributed by atoms with van der Waals surface area (Å²) in [6.07, 6.45) is 8.47. The summed E-state index contributed by atoms with van der Waals surface area (Å²) in [5.41, 5.74) is 2.85. The van der Waals surface area contributed by atoms with Gasteiger partial charge in [-0.15, -0.1) is 0 Å². The maximum absolute atomic E-state index is 12.3. The topological polar surface area (TPSA) is 73.0 Å². The van der Waals surface area contributed by atoms with E-state index < -0.39 is 0 Å². The van der Waals surface area contributed by atoms with Gasteiger partial charge in [0, 0.05) is 38.6 Å². The molecule has 2 aromatic heterocycles. The lowest BCUT2D eigenvalue weighted by atomic mass is 9.96. The lowest BCUT2D eigenvalue weighted by molar-refractivity contribution is 0.161. The van der Waals surface area contributed by atoms with Crippen LogP contribution in [0.1, 0.15) is 36.2 Å². The third-order valence-corrected chi connectivity index (χ3v) is 5.62. The van der Waals surface area contributed by atoms with Crippen molar-refractivity contribution in [3.05, 3.63) is 56.1 Å². The van der Waals surface area contributed by atoms with Crippen molar-refractivity contribution in [1.29, 1.82) is 0 Å². The standard InChI is InChI=1S/C19H25N5O2/c1-22-10-7-20-17(19(22)26)13-23-8-5-14(6-9-23)12-24-18(25)11-15-3-2-4-16(15)21-24/h7,10-11,14H,2-6,8-9,12-13H2,1H3. The Labute approximate surface area is 152 Å². The van der Waals surface area contributed by atoms with Crippen LogP contribution in [0.2, 0.25) is 0 Å². The molecule has 2 aliphatic rings. The fourth-order valence-electron chi connectivity index (χ4n) is 4.01. The van der Waals surface area contributed by atoms with Gasteiger partial charge in [-0.1, -0.05) is 0 Å². The summed E-state index contributed by atoms with van der Waals surface area (Å²) in [6, 6.07) is 1.78. The van der Waals surface area contributed by atoms with E-state index in [1.54, 1.807) is 34.8 Å². The van der Waals surface area contributed by atoms with Gasteiger partial charge >= 0.3 is 0 Å². The third-order valence-electron chi connectivity index (χ3n) is 5.62. The van der Waals surface area contributed by atoms with Gasteiger partial charge < -0.3 is 4.57 Å². The Morgan fingerprint density at radius 2 is 2.00 bits per heavy atom. The average Bonchev–Trinajstić information content (AvgIpc) is 3.08. The molecule has 0 N–H and O–H groups in total. The Kier molecular flexibility index (Phi) is 4.72. The van der Waals surface area contributed by atoms with Crippen LogP contribution in [0.5, 0.6) is 0 Å². The monoisotopic (exact) mass is 355 g/mol. The largest absolute Gasteiger partial charge is 0.315 e. The number of nitrogens with zero attached hydrogens (tertiary/aromatic N) is 5. The van der Waals surface area contributed by atoms with Crippen LogP contribution in [0.4, 0.5) is 0 Å². The van der Waals surface area contributed by atoms with Crippen LogP contribution in [-0.4, -0.2) is 37.3 Å². The van der Waals surface area contributed by atoms with Gasteiger partial charge in [0.25, 0.3) is 11.1 Å². The summed E-state index contributed by atoms with van der Waals surface area (Å²) in [5.74, 6) is 0.461. The summed E-state index contributed by atoms with van der Waals surface area (Å²) in [4.78, 5) is 30.9. The van der Waals surface area contributed by atoms with Gasteiger partial charge in [-0.2, -0.15) is 5.10 Å². The molecular weight excluding hydrogens is 330 g/mol. The van der Waals surface area contributed by atoms with Crippen LogP contribution in [0.25, 0.3) is 0 Å². The zero-order chi connectivity index (χ0) is 18.1. The van der Waals surface area contributed by atoms with E-state index in [0.29, 0.717) is 24.7 Å². The predicted octanol–water partition coefficient (Wildman–Crippen LogP) is 0.738. The second-order valence-corrected chi connectivity index (χ2v) is 7.50. The normalized spacial score (nSPS) is 18.2. The summed E-state index contributed by atoms with van der Waals surface area (Å²) in [6.45, 7) is 3.14. The van der Waals surface area contributed by atoms with Gasteiger partial charge in [0.15, 0.2) is 0 Å². The number of piperidine rings is 1. The Bertz CT molecular complexity index is 909. The molecule has 1 saturated heterocycles. The first-order valence-corrected chi connectivity index (χ1v) is 9.43. The van der Waals surface area contributed by atoms with Gasteiger partial charge in [0.2, 0.25) is 0 Å². The minimum absolute atomic E-state index is 0.0245. The van der Waals surface area contributed by atoms with Crippen molar-refractivity contribution < 1.29 is 0 Å². The van der Waals surface area contributed by atoms with Gasteiger partial charge in [-0.3, -0.25) is 19.5 Å². The number of likely N-dealkylation sites (tertiary alicyclic amines) is 1. The van der Waals surface area contributed by atoms with Crippen molar-refractivity contribution in [2.45, 2.75) is 45.2 Å². The van der Waals surface area contributed by atoms with E-state index >= 15 is 0 Å². The van der Waals surface area contributed by atoms with Crippen molar-refractivity contribution in [2.75, 3.05) is 13.1 Å². The van der Waals surface area contributed by atoms with E-state index in [2.05, 4.69) is 15.0 Å². The summed E-state index contributed by atoms with van der Waals surface area (Å²) >= 11 is 0. The lowest BCUT2D eigenvalue weighted by Crippen LogP contribution is -2.38. The quantitative estimate of drug-likeness (QED) is 0.809. The van der Waals surface area contributed by atoms with Crippen molar-refractivity contribution >= 4 is 0 Å². The zero-order valence-electron chi connectivity index (χ0n) is 15.2. The molecule has 4 rings (SSSR count). The molecule has 7 heteroatoms. The van der Waals surface area contributed by atoms with Crippen LogP contribution in [0.15, 0.2) is 28.0 Å². The van der Waals surface area contributed by atoms with Crippen LogP contribution in [-0.2, 0) is 33.0 Å². The molecule has 0 radical (unpaired) electrons. The third kappa shape index (κ3) is 3.49. The summed E-state index contributed by atoms with van der Waals surface area (Å²) in [7, 11) is 1.75. The SMILES string of the molecule is Cn1ccnc(CN2CCC(Cn3nc4c(cc3=O)CCC4)CC2)c1=O. The molecule has 26 heavy (non-hydrogen) atoms. The molecule has 0 bridgehead atoms. The van der Waals surface area contributed by atoms with Crippen molar-refractivity contribution in [1.82, 2.24) is 24.2 Å². The fourth-order valence-corrected chi connectivity index (χ4v) is 4.01. The second-order valence-electron chi connectivity index (χ2n) is 7.50. The molecule has 1 aliphatic carbocycles. The van der Waals surface area contributed by atoms with Crippen molar-refractivity contribution in [2.24, 2.45) is 13.0 Å². The highest BCUT2D eigenvalue weighted by Crippen LogP contribution is 2.21. The molecule has 0 atom stereocenters.